The van der Waals surface area contributed by atoms with Gasteiger partial charge in [-0.1, -0.05) is 56.3 Å². The van der Waals surface area contributed by atoms with E-state index in [4.69, 9.17) is 16.0 Å². The third kappa shape index (κ3) is 4.51. The van der Waals surface area contributed by atoms with E-state index in [0.717, 1.165) is 24.0 Å². The summed E-state index contributed by atoms with van der Waals surface area (Å²) in [7, 11) is 1.43. The van der Waals surface area contributed by atoms with Crippen LogP contribution in [0, 0.1) is 0 Å². The van der Waals surface area contributed by atoms with Crippen LogP contribution in [0.3, 0.4) is 0 Å². The molecule has 0 fully saturated rings. The largest absolute Gasteiger partial charge is 0.496 e. The Morgan fingerprint density at radius 3 is 2.00 bits per heavy atom. The minimum Gasteiger partial charge on any atom is -0.496 e. The molecule has 0 aliphatic carbocycles. The normalized spacial score (nSPS) is 12.8. The number of halogens is 1. The number of hydrogen-bond donors (Lipinski definition) is 0. The van der Waals surface area contributed by atoms with E-state index in [1.807, 2.05) is 32.0 Å². The maximum Gasteiger partial charge on any atom is 0.264 e. The Morgan fingerprint density at radius 2 is 1.45 bits per heavy atom. The van der Waals surface area contributed by atoms with Gasteiger partial charge < -0.3 is 4.74 Å². The maximum atomic E-state index is 13.2. The number of carbonyl (C=O) groups is 2. The molecular formula is C25H24ClO4P. The minimum absolute atomic E-state index is 0.0960. The number of ketones is 1. The van der Waals surface area contributed by atoms with Crippen LogP contribution in [-0.2, 0) is 17.4 Å². The molecule has 1 atom stereocenters. The second kappa shape index (κ2) is 9.64. The van der Waals surface area contributed by atoms with E-state index in [-0.39, 0.29) is 16.7 Å². The summed E-state index contributed by atoms with van der Waals surface area (Å²) in [5.74, 6) is 0.213. The maximum absolute atomic E-state index is 13.2. The Labute approximate surface area is 187 Å². The molecule has 0 N–H and O–H groups in total. The first-order valence-corrected chi connectivity index (χ1v) is 12.7. The topological polar surface area (TPSA) is 60.4 Å². The summed E-state index contributed by atoms with van der Waals surface area (Å²) in [5.41, 5.74) is 2.61. The lowest BCUT2D eigenvalue weighted by molar-refractivity contribution is 0.103. The lowest BCUT2D eigenvalue weighted by Gasteiger charge is -2.14. The van der Waals surface area contributed by atoms with E-state index in [9.17, 15) is 14.2 Å². The van der Waals surface area contributed by atoms with Crippen molar-refractivity contribution in [3.05, 3.63) is 94.5 Å². The van der Waals surface area contributed by atoms with Gasteiger partial charge in [-0.2, -0.15) is 0 Å². The number of carbonyl (C=O) groups excluding carboxylic acids is 2. The first-order chi connectivity index (χ1) is 14.8. The lowest BCUT2D eigenvalue weighted by Crippen LogP contribution is -2.13. The number of hydrogen-bond acceptors (Lipinski definition) is 4. The van der Waals surface area contributed by atoms with Crippen molar-refractivity contribution < 1.29 is 18.9 Å². The molecule has 31 heavy (non-hydrogen) atoms. The summed E-state index contributed by atoms with van der Waals surface area (Å²) in [5, 5.41) is 0.182. The SMILES string of the molecule is CCc1cccc(CC)c1C(=O)c1ccc(P(=O)(Cl)C(=O)c2ccccc2OC)cc1. The van der Waals surface area contributed by atoms with Gasteiger partial charge in [-0.25, -0.2) is 0 Å². The van der Waals surface area contributed by atoms with E-state index in [1.54, 1.807) is 30.3 Å². The van der Waals surface area contributed by atoms with E-state index >= 15 is 0 Å². The summed E-state index contributed by atoms with van der Waals surface area (Å²) in [6, 6.07) is 18.5. The summed E-state index contributed by atoms with van der Waals surface area (Å²) in [4.78, 5) is 26.1. The van der Waals surface area contributed by atoms with Crippen LogP contribution in [0.25, 0.3) is 0 Å². The average molecular weight is 455 g/mol. The van der Waals surface area contributed by atoms with Crippen LogP contribution < -0.4 is 10.0 Å². The van der Waals surface area contributed by atoms with Crippen molar-refractivity contribution in [2.24, 2.45) is 0 Å². The quantitative estimate of drug-likeness (QED) is 0.308. The summed E-state index contributed by atoms with van der Waals surface area (Å²) >= 11 is 6.29. The first kappa shape index (κ1) is 23.0. The van der Waals surface area contributed by atoms with Gasteiger partial charge in [-0.05, 0) is 59.5 Å². The molecule has 4 nitrogen and oxygen atoms in total. The standard InChI is InChI=1S/C25H24ClO4P/c1-4-17-9-8-10-18(5-2)23(17)24(27)19-13-15-20(16-14-19)31(26,29)25(28)21-11-6-7-12-22(21)30-3/h6-16H,4-5H2,1-3H3. The molecule has 0 spiro atoms. The Bertz CT molecular complexity index is 1150. The summed E-state index contributed by atoms with van der Waals surface area (Å²) in [6.07, 6.45) is 1.49. The molecule has 0 saturated heterocycles. The number of rotatable bonds is 8. The van der Waals surface area contributed by atoms with Gasteiger partial charge in [0.05, 0.1) is 12.7 Å². The fraction of sp³-hybridized carbons (Fsp3) is 0.200. The molecule has 0 bridgehead atoms. The Hall–Kier alpha value is -2.68. The highest BCUT2D eigenvalue weighted by Gasteiger charge is 2.34. The van der Waals surface area contributed by atoms with Crippen molar-refractivity contribution in [1.82, 2.24) is 0 Å². The van der Waals surface area contributed by atoms with Crippen LogP contribution in [0.5, 0.6) is 5.75 Å². The molecule has 0 saturated carbocycles. The number of aryl methyl sites for hydroxylation is 2. The fourth-order valence-electron chi connectivity index (χ4n) is 3.58. The molecule has 3 aromatic rings. The molecule has 0 aliphatic heterocycles. The van der Waals surface area contributed by atoms with E-state index < -0.39 is 12.0 Å². The van der Waals surface area contributed by atoms with Crippen molar-refractivity contribution in [2.75, 3.05) is 7.11 Å². The monoisotopic (exact) mass is 454 g/mol. The van der Waals surface area contributed by atoms with Gasteiger partial charge in [0.15, 0.2) is 5.78 Å². The molecule has 160 valence electrons. The van der Waals surface area contributed by atoms with Gasteiger partial charge in [-0.15, -0.1) is 0 Å². The smallest absolute Gasteiger partial charge is 0.264 e. The van der Waals surface area contributed by atoms with Crippen LogP contribution >= 0.6 is 17.7 Å². The molecular weight excluding hydrogens is 431 g/mol. The van der Waals surface area contributed by atoms with E-state index in [2.05, 4.69) is 0 Å². The molecule has 1 unspecified atom stereocenters. The first-order valence-electron chi connectivity index (χ1n) is 10.1. The summed E-state index contributed by atoms with van der Waals surface area (Å²) in [6.45, 7) is 0.123. The van der Waals surface area contributed by atoms with Crippen molar-refractivity contribution >= 4 is 34.3 Å². The minimum atomic E-state index is -3.91. The number of para-hydroxylation sites is 1. The van der Waals surface area contributed by atoms with Crippen LogP contribution in [0.4, 0.5) is 0 Å². The Balaban J connectivity index is 1.96. The van der Waals surface area contributed by atoms with E-state index in [1.165, 1.54) is 25.3 Å². The Morgan fingerprint density at radius 1 is 0.871 bits per heavy atom. The summed E-state index contributed by atoms with van der Waals surface area (Å²) < 4.78 is 18.4. The van der Waals surface area contributed by atoms with Crippen molar-refractivity contribution in [3.63, 3.8) is 0 Å². The molecule has 0 aliphatic rings. The zero-order valence-corrected chi connectivity index (χ0v) is 19.4. The third-order valence-electron chi connectivity index (χ3n) is 5.29. The predicted molar refractivity (Wildman–Crippen MR) is 125 cm³/mol. The molecule has 0 radical (unpaired) electrons. The second-order valence-corrected chi connectivity index (χ2v) is 10.5. The zero-order chi connectivity index (χ0) is 22.6. The van der Waals surface area contributed by atoms with Crippen LogP contribution in [-0.4, -0.2) is 18.4 Å². The van der Waals surface area contributed by atoms with Gasteiger partial charge in [0.25, 0.3) is 6.49 Å². The molecule has 0 aromatic heterocycles. The molecule has 0 amide bonds. The number of methoxy groups -OCH3 is 1. The van der Waals surface area contributed by atoms with Crippen LogP contribution in [0.1, 0.15) is 51.3 Å². The highest BCUT2D eigenvalue weighted by Crippen LogP contribution is 2.53. The molecule has 0 heterocycles. The average Bonchev–Trinajstić information content (AvgIpc) is 2.82. The number of ether oxygens (including phenoxy) is 1. The van der Waals surface area contributed by atoms with E-state index in [0.29, 0.717) is 16.9 Å². The van der Waals surface area contributed by atoms with Gasteiger partial charge >= 0.3 is 0 Å². The molecule has 3 rings (SSSR count). The van der Waals surface area contributed by atoms with Gasteiger partial charge in [0, 0.05) is 16.4 Å². The third-order valence-corrected chi connectivity index (χ3v) is 8.06. The zero-order valence-electron chi connectivity index (χ0n) is 17.7. The highest BCUT2D eigenvalue weighted by atomic mass is 35.7. The lowest BCUT2D eigenvalue weighted by atomic mass is 9.91. The second-order valence-electron chi connectivity index (χ2n) is 7.07. The number of benzene rings is 3. The van der Waals surface area contributed by atoms with Crippen molar-refractivity contribution in [1.29, 1.82) is 0 Å². The molecule has 6 heteroatoms. The molecule has 3 aromatic carbocycles. The highest BCUT2D eigenvalue weighted by molar-refractivity contribution is 8.07. The van der Waals surface area contributed by atoms with Crippen LogP contribution in [0.2, 0.25) is 0 Å². The van der Waals surface area contributed by atoms with Gasteiger partial charge in [0.1, 0.15) is 5.75 Å². The predicted octanol–water partition coefficient (Wildman–Crippen LogP) is 6.03. The van der Waals surface area contributed by atoms with Crippen molar-refractivity contribution in [2.45, 2.75) is 26.7 Å². The van der Waals surface area contributed by atoms with Crippen LogP contribution in [0.15, 0.2) is 66.7 Å². The fourth-order valence-corrected chi connectivity index (χ4v) is 5.45. The van der Waals surface area contributed by atoms with Gasteiger partial charge in [-0.3, -0.25) is 14.2 Å². The Kier molecular flexibility index (Phi) is 7.15. The van der Waals surface area contributed by atoms with Gasteiger partial charge in [0.2, 0.25) is 5.52 Å². The van der Waals surface area contributed by atoms with Crippen molar-refractivity contribution in [3.8, 4) is 5.75 Å².